The largest absolute Gasteiger partial charge is 0.386 e. The van der Waals surface area contributed by atoms with Gasteiger partial charge in [0.05, 0.1) is 10.8 Å². The van der Waals surface area contributed by atoms with Crippen LogP contribution in [0.4, 0.5) is 5.69 Å². The van der Waals surface area contributed by atoms with Crippen molar-refractivity contribution in [2.24, 2.45) is 5.73 Å². The third-order valence-electron chi connectivity index (χ3n) is 5.65. The fourth-order valence-corrected chi connectivity index (χ4v) is 5.23. The molecule has 1 heterocycles. The summed E-state index contributed by atoms with van der Waals surface area (Å²) in [4.78, 5) is 16.5. The van der Waals surface area contributed by atoms with Crippen LogP contribution in [0.5, 0.6) is 0 Å². The van der Waals surface area contributed by atoms with Crippen molar-refractivity contribution < 1.29 is 13.2 Å². The van der Waals surface area contributed by atoms with Gasteiger partial charge >= 0.3 is 0 Å². The van der Waals surface area contributed by atoms with Crippen molar-refractivity contribution >= 4 is 38.9 Å². The lowest BCUT2D eigenvalue weighted by molar-refractivity contribution is 0.102. The smallest absolute Gasteiger partial charge is 0.274 e. The molecule has 160 valence electrons. The number of anilines is 1. The number of rotatable bonds is 6. The first-order valence-electron chi connectivity index (χ1n) is 9.64. The van der Waals surface area contributed by atoms with Gasteiger partial charge in [-0.3, -0.25) is 10.2 Å². The average molecular weight is 449 g/mol. The number of hydrogen-bond donors (Lipinski definition) is 3. The Morgan fingerprint density at radius 2 is 2.07 bits per heavy atom. The number of amides is 1. The maximum Gasteiger partial charge on any atom is 0.274 e. The Morgan fingerprint density at radius 1 is 1.33 bits per heavy atom. The lowest BCUT2D eigenvalue weighted by Gasteiger charge is -2.30. The highest BCUT2D eigenvalue weighted by Crippen LogP contribution is 2.36. The zero-order chi connectivity index (χ0) is 22.1. The predicted molar refractivity (Wildman–Crippen MR) is 119 cm³/mol. The summed E-state index contributed by atoms with van der Waals surface area (Å²) in [6.07, 6.45) is 3.86. The van der Waals surface area contributed by atoms with E-state index in [0.717, 1.165) is 30.4 Å². The Hall–Kier alpha value is -2.45. The fraction of sp³-hybridized carbons (Fsp3) is 0.381. The van der Waals surface area contributed by atoms with E-state index in [1.54, 1.807) is 6.07 Å². The normalized spacial score (nSPS) is 16.6. The summed E-state index contributed by atoms with van der Waals surface area (Å²) < 4.78 is 24.5. The quantitative estimate of drug-likeness (QED) is 0.460. The van der Waals surface area contributed by atoms with E-state index in [2.05, 4.69) is 10.3 Å². The van der Waals surface area contributed by atoms with Crippen molar-refractivity contribution in [1.29, 1.82) is 5.41 Å². The molecule has 0 fully saturated rings. The summed E-state index contributed by atoms with van der Waals surface area (Å²) in [7, 11) is -3.64. The topological polar surface area (TPSA) is 126 Å². The van der Waals surface area contributed by atoms with Gasteiger partial charge in [0.2, 0.25) is 0 Å². The van der Waals surface area contributed by atoms with Crippen molar-refractivity contribution in [3.05, 3.63) is 58.4 Å². The molecule has 1 aliphatic carbocycles. The molecule has 0 aliphatic heterocycles. The van der Waals surface area contributed by atoms with Gasteiger partial charge in [0.25, 0.3) is 5.91 Å². The molecule has 1 amide bonds. The van der Waals surface area contributed by atoms with Crippen molar-refractivity contribution in [2.75, 3.05) is 11.1 Å². The van der Waals surface area contributed by atoms with E-state index in [1.807, 2.05) is 18.2 Å². The molecule has 3 rings (SSSR count). The second-order valence-corrected chi connectivity index (χ2v) is 11.0. The number of nitrogens with one attached hydrogen (secondary N) is 2. The highest BCUT2D eigenvalue weighted by molar-refractivity contribution is 7.93. The third-order valence-corrected chi connectivity index (χ3v) is 8.49. The minimum Gasteiger partial charge on any atom is -0.386 e. The highest BCUT2D eigenvalue weighted by Gasteiger charge is 2.40. The van der Waals surface area contributed by atoms with E-state index in [1.165, 1.54) is 26.1 Å². The maximum absolute atomic E-state index is 12.9. The molecule has 1 aliphatic rings. The standard InChI is InChI=1S/C21H25ClN4O3S/c1-21(2,20(23)24)30(28,29)12-14-5-3-4-13-6-8-16(10-17(13)14)26-19(27)18-9-7-15(22)11-25-18/h6-11,14H,3-5,12H2,1-2H3,(H3,23,24)(H,26,27). The molecule has 9 heteroatoms. The summed E-state index contributed by atoms with van der Waals surface area (Å²) >= 11 is 5.81. The maximum atomic E-state index is 12.9. The molecule has 2 aromatic rings. The van der Waals surface area contributed by atoms with Crippen LogP contribution in [-0.4, -0.2) is 35.6 Å². The molecule has 0 radical (unpaired) electrons. The molecule has 4 N–H and O–H groups in total. The molecule has 7 nitrogen and oxygen atoms in total. The van der Waals surface area contributed by atoms with E-state index in [4.69, 9.17) is 22.7 Å². The van der Waals surface area contributed by atoms with Gasteiger partial charge in [0.15, 0.2) is 9.84 Å². The predicted octanol–water partition coefficient (Wildman–Crippen LogP) is 3.54. The molecule has 0 spiro atoms. The number of fused-ring (bicyclic) bond motifs is 1. The van der Waals surface area contributed by atoms with Gasteiger partial charge in [-0.05, 0) is 74.4 Å². The molecular formula is C21H25ClN4O3S. The van der Waals surface area contributed by atoms with Crippen molar-refractivity contribution in [3.8, 4) is 0 Å². The lowest BCUT2D eigenvalue weighted by atomic mass is 9.83. The second kappa shape index (κ2) is 8.35. The number of nitrogens with two attached hydrogens (primary N) is 1. The Kier molecular flexibility index (Phi) is 6.19. The Morgan fingerprint density at radius 3 is 2.70 bits per heavy atom. The van der Waals surface area contributed by atoms with Crippen LogP contribution in [0.2, 0.25) is 5.02 Å². The molecule has 1 aromatic carbocycles. The molecule has 1 unspecified atom stereocenters. The summed E-state index contributed by atoms with van der Waals surface area (Å²) in [6.45, 7) is 2.92. The Balaban J connectivity index is 1.85. The molecule has 1 aromatic heterocycles. The number of carbonyl (C=O) groups is 1. The van der Waals surface area contributed by atoms with Crippen LogP contribution in [0.3, 0.4) is 0 Å². The molecule has 30 heavy (non-hydrogen) atoms. The second-order valence-electron chi connectivity index (χ2n) is 8.02. The van der Waals surface area contributed by atoms with Crippen LogP contribution < -0.4 is 11.1 Å². The van der Waals surface area contributed by atoms with Gasteiger partial charge < -0.3 is 11.1 Å². The number of aryl methyl sites for hydroxylation is 1. The molecular weight excluding hydrogens is 424 g/mol. The lowest BCUT2D eigenvalue weighted by Crippen LogP contribution is -2.46. The molecule has 1 atom stereocenters. The van der Waals surface area contributed by atoms with Gasteiger partial charge in [0, 0.05) is 11.9 Å². The number of hydrogen-bond acceptors (Lipinski definition) is 5. The van der Waals surface area contributed by atoms with Crippen LogP contribution in [0.25, 0.3) is 0 Å². The average Bonchev–Trinajstić information content (AvgIpc) is 2.68. The van der Waals surface area contributed by atoms with Crippen molar-refractivity contribution in [1.82, 2.24) is 4.98 Å². The zero-order valence-electron chi connectivity index (χ0n) is 16.9. The van der Waals surface area contributed by atoms with Crippen LogP contribution in [-0.2, 0) is 16.3 Å². The van der Waals surface area contributed by atoms with Crippen LogP contribution in [0.15, 0.2) is 36.5 Å². The SMILES string of the molecule is CC(C)(C(=N)N)S(=O)(=O)CC1CCCc2ccc(NC(=O)c3ccc(Cl)cn3)cc21. The third kappa shape index (κ3) is 4.49. The summed E-state index contributed by atoms with van der Waals surface area (Å²) in [5.74, 6) is -1.05. The number of carbonyl (C=O) groups excluding carboxylic acids is 1. The van der Waals surface area contributed by atoms with Gasteiger partial charge in [0.1, 0.15) is 16.3 Å². The van der Waals surface area contributed by atoms with Crippen molar-refractivity contribution in [2.45, 2.75) is 43.8 Å². The Labute approximate surface area is 181 Å². The van der Waals surface area contributed by atoms with Gasteiger partial charge in [-0.15, -0.1) is 0 Å². The van der Waals surface area contributed by atoms with E-state index < -0.39 is 14.6 Å². The molecule has 0 saturated carbocycles. The monoisotopic (exact) mass is 448 g/mol. The number of pyridine rings is 1. The first-order chi connectivity index (χ1) is 14.0. The summed E-state index contributed by atoms with van der Waals surface area (Å²) in [6, 6.07) is 8.70. The number of aromatic nitrogens is 1. The van der Waals surface area contributed by atoms with Gasteiger partial charge in [-0.2, -0.15) is 0 Å². The van der Waals surface area contributed by atoms with E-state index in [0.29, 0.717) is 10.7 Å². The highest BCUT2D eigenvalue weighted by atomic mass is 35.5. The molecule has 0 bridgehead atoms. The van der Waals surface area contributed by atoms with E-state index in [-0.39, 0.29) is 29.1 Å². The first-order valence-corrected chi connectivity index (χ1v) is 11.7. The Bertz CT molecular complexity index is 1080. The number of benzene rings is 1. The number of nitrogens with zero attached hydrogens (tertiary/aromatic N) is 1. The van der Waals surface area contributed by atoms with Crippen molar-refractivity contribution in [3.63, 3.8) is 0 Å². The zero-order valence-corrected chi connectivity index (χ0v) is 18.5. The summed E-state index contributed by atoms with van der Waals surface area (Å²) in [5, 5.41) is 10.9. The van der Waals surface area contributed by atoms with E-state index >= 15 is 0 Å². The van der Waals surface area contributed by atoms with Gasteiger partial charge in [-0.1, -0.05) is 17.7 Å². The number of halogens is 1. The first kappa shape index (κ1) is 22.2. The summed E-state index contributed by atoms with van der Waals surface area (Å²) in [5.41, 5.74) is 8.33. The van der Waals surface area contributed by atoms with Crippen LogP contribution in [0, 0.1) is 5.41 Å². The minimum absolute atomic E-state index is 0.0945. The number of amidine groups is 1. The van der Waals surface area contributed by atoms with Crippen LogP contribution >= 0.6 is 11.6 Å². The minimum atomic E-state index is -3.64. The number of sulfone groups is 1. The fourth-order valence-electron chi connectivity index (χ4n) is 3.49. The van der Waals surface area contributed by atoms with E-state index in [9.17, 15) is 13.2 Å². The van der Waals surface area contributed by atoms with Crippen LogP contribution in [0.1, 0.15) is 54.2 Å². The molecule has 0 saturated heterocycles. The van der Waals surface area contributed by atoms with Gasteiger partial charge in [-0.25, -0.2) is 13.4 Å².